The Labute approximate surface area is 130 Å². The van der Waals surface area contributed by atoms with Crippen molar-refractivity contribution in [1.29, 1.82) is 0 Å². The molecular formula is C17H20N2O3. The molecule has 0 aliphatic rings. The lowest BCUT2D eigenvalue weighted by atomic mass is 10.1. The normalized spacial score (nSPS) is 10.7. The van der Waals surface area contributed by atoms with Gasteiger partial charge < -0.3 is 9.64 Å². The second-order valence-electron chi connectivity index (χ2n) is 5.22. The standard InChI is InChI=1S/C17H20N2O3/c1-18(13-15-5-3-4-6-17(15)22-2)12-11-14-7-9-16(10-8-14)19(20)21/h3-10H,11-13H2,1-2H3. The van der Waals surface area contributed by atoms with Crippen molar-refractivity contribution in [3.63, 3.8) is 0 Å². The first kappa shape index (κ1) is 16.0. The number of benzene rings is 2. The number of para-hydroxylation sites is 1. The van der Waals surface area contributed by atoms with E-state index in [-0.39, 0.29) is 10.6 Å². The summed E-state index contributed by atoms with van der Waals surface area (Å²) in [5.74, 6) is 0.893. The summed E-state index contributed by atoms with van der Waals surface area (Å²) >= 11 is 0. The van der Waals surface area contributed by atoms with Crippen LogP contribution < -0.4 is 4.74 Å². The molecule has 5 nitrogen and oxygen atoms in total. The third-order valence-electron chi connectivity index (χ3n) is 3.56. The van der Waals surface area contributed by atoms with E-state index in [4.69, 9.17) is 4.74 Å². The minimum atomic E-state index is -0.377. The molecule has 2 aromatic rings. The smallest absolute Gasteiger partial charge is 0.269 e. The average Bonchev–Trinajstić information content (AvgIpc) is 2.54. The number of hydrogen-bond acceptors (Lipinski definition) is 4. The van der Waals surface area contributed by atoms with Crippen LogP contribution >= 0.6 is 0 Å². The van der Waals surface area contributed by atoms with Crippen molar-refractivity contribution < 1.29 is 9.66 Å². The van der Waals surface area contributed by atoms with Crippen LogP contribution in [0.25, 0.3) is 0 Å². The number of rotatable bonds is 7. The minimum Gasteiger partial charge on any atom is -0.496 e. The van der Waals surface area contributed by atoms with Gasteiger partial charge in [-0.15, -0.1) is 0 Å². The molecule has 0 N–H and O–H groups in total. The third-order valence-corrected chi connectivity index (χ3v) is 3.56. The summed E-state index contributed by atoms with van der Waals surface area (Å²) in [6, 6.07) is 14.7. The number of non-ortho nitro benzene ring substituents is 1. The van der Waals surface area contributed by atoms with Gasteiger partial charge in [-0.2, -0.15) is 0 Å². The number of ether oxygens (including phenoxy) is 1. The first-order valence-electron chi connectivity index (χ1n) is 7.14. The van der Waals surface area contributed by atoms with Gasteiger partial charge >= 0.3 is 0 Å². The lowest BCUT2D eigenvalue weighted by Gasteiger charge is -2.18. The monoisotopic (exact) mass is 300 g/mol. The van der Waals surface area contributed by atoms with Crippen molar-refractivity contribution in [3.05, 3.63) is 69.8 Å². The highest BCUT2D eigenvalue weighted by atomic mass is 16.6. The van der Waals surface area contributed by atoms with Gasteiger partial charge in [-0.3, -0.25) is 10.1 Å². The van der Waals surface area contributed by atoms with Crippen LogP contribution in [0.15, 0.2) is 48.5 Å². The van der Waals surface area contributed by atoms with Crippen LogP contribution in [0.5, 0.6) is 5.75 Å². The molecule has 0 atom stereocenters. The van der Waals surface area contributed by atoms with Gasteiger partial charge in [0.25, 0.3) is 5.69 Å². The predicted octanol–water partition coefficient (Wildman–Crippen LogP) is 3.28. The molecule has 0 saturated carbocycles. The number of methoxy groups -OCH3 is 1. The largest absolute Gasteiger partial charge is 0.496 e. The lowest BCUT2D eigenvalue weighted by Crippen LogP contribution is -2.21. The van der Waals surface area contributed by atoms with E-state index in [9.17, 15) is 10.1 Å². The molecule has 22 heavy (non-hydrogen) atoms. The fourth-order valence-corrected chi connectivity index (χ4v) is 2.31. The van der Waals surface area contributed by atoms with E-state index in [1.54, 1.807) is 19.2 Å². The maximum atomic E-state index is 10.6. The molecule has 0 bridgehead atoms. The van der Waals surface area contributed by atoms with Gasteiger partial charge in [0.15, 0.2) is 0 Å². The SMILES string of the molecule is COc1ccccc1CN(C)CCc1ccc([N+](=O)[O-])cc1. The van der Waals surface area contributed by atoms with Gasteiger partial charge in [0.2, 0.25) is 0 Å². The Kier molecular flexibility index (Phi) is 5.49. The van der Waals surface area contributed by atoms with Crippen LogP contribution in [-0.4, -0.2) is 30.5 Å². The maximum Gasteiger partial charge on any atom is 0.269 e. The van der Waals surface area contributed by atoms with Gasteiger partial charge in [0.05, 0.1) is 12.0 Å². The van der Waals surface area contributed by atoms with E-state index in [1.807, 2.05) is 30.3 Å². The molecule has 0 spiro atoms. The van der Waals surface area contributed by atoms with Gasteiger partial charge in [-0.05, 0) is 25.1 Å². The van der Waals surface area contributed by atoms with Crippen molar-refractivity contribution in [2.75, 3.05) is 20.7 Å². The zero-order valence-electron chi connectivity index (χ0n) is 12.9. The van der Waals surface area contributed by atoms with Crippen molar-refractivity contribution in [2.45, 2.75) is 13.0 Å². The Morgan fingerprint density at radius 1 is 1.14 bits per heavy atom. The zero-order chi connectivity index (χ0) is 15.9. The van der Waals surface area contributed by atoms with E-state index in [0.717, 1.165) is 36.4 Å². The highest BCUT2D eigenvalue weighted by Gasteiger charge is 2.07. The zero-order valence-corrected chi connectivity index (χ0v) is 12.9. The molecule has 0 fully saturated rings. The second-order valence-corrected chi connectivity index (χ2v) is 5.22. The molecular weight excluding hydrogens is 280 g/mol. The molecule has 0 unspecified atom stereocenters. The maximum absolute atomic E-state index is 10.6. The van der Waals surface area contributed by atoms with Crippen molar-refractivity contribution in [1.82, 2.24) is 4.90 Å². The van der Waals surface area contributed by atoms with Crippen LogP contribution in [0.1, 0.15) is 11.1 Å². The van der Waals surface area contributed by atoms with Gasteiger partial charge in [0, 0.05) is 30.8 Å². The highest BCUT2D eigenvalue weighted by molar-refractivity contribution is 5.34. The number of nitro benzene ring substituents is 1. The Morgan fingerprint density at radius 3 is 2.45 bits per heavy atom. The topological polar surface area (TPSA) is 55.6 Å². The molecule has 2 aromatic carbocycles. The second kappa shape index (κ2) is 7.56. The predicted molar refractivity (Wildman–Crippen MR) is 86.1 cm³/mol. The Balaban J connectivity index is 1.89. The fraction of sp³-hybridized carbons (Fsp3) is 0.294. The fourth-order valence-electron chi connectivity index (χ4n) is 2.31. The summed E-state index contributed by atoms with van der Waals surface area (Å²) in [6.45, 7) is 1.67. The van der Waals surface area contributed by atoms with E-state index >= 15 is 0 Å². The van der Waals surface area contributed by atoms with Crippen molar-refractivity contribution in [2.24, 2.45) is 0 Å². The molecule has 0 radical (unpaired) electrons. The van der Waals surface area contributed by atoms with Crippen molar-refractivity contribution >= 4 is 5.69 Å². The van der Waals surface area contributed by atoms with E-state index in [1.165, 1.54) is 0 Å². The summed E-state index contributed by atoms with van der Waals surface area (Å²) in [7, 11) is 3.73. The number of hydrogen-bond donors (Lipinski definition) is 0. The van der Waals surface area contributed by atoms with Crippen LogP contribution in [-0.2, 0) is 13.0 Å². The first-order chi connectivity index (χ1) is 10.6. The average molecular weight is 300 g/mol. The first-order valence-corrected chi connectivity index (χ1v) is 7.14. The summed E-state index contributed by atoms with van der Waals surface area (Å²) in [4.78, 5) is 12.5. The van der Waals surface area contributed by atoms with E-state index in [0.29, 0.717) is 0 Å². The van der Waals surface area contributed by atoms with E-state index < -0.39 is 0 Å². The number of nitrogens with zero attached hydrogens (tertiary/aromatic N) is 2. The van der Waals surface area contributed by atoms with Gasteiger partial charge in [0.1, 0.15) is 5.75 Å². The minimum absolute atomic E-state index is 0.131. The summed E-state index contributed by atoms with van der Waals surface area (Å²) in [5, 5.41) is 10.6. The lowest BCUT2D eigenvalue weighted by molar-refractivity contribution is -0.384. The van der Waals surface area contributed by atoms with E-state index in [2.05, 4.69) is 18.0 Å². The molecule has 0 amide bonds. The van der Waals surface area contributed by atoms with Crippen molar-refractivity contribution in [3.8, 4) is 5.75 Å². The molecule has 5 heteroatoms. The number of nitro groups is 1. The molecule has 116 valence electrons. The van der Waals surface area contributed by atoms with Crippen LogP contribution in [0.4, 0.5) is 5.69 Å². The molecule has 0 heterocycles. The highest BCUT2D eigenvalue weighted by Crippen LogP contribution is 2.19. The Hall–Kier alpha value is -2.40. The quantitative estimate of drug-likeness (QED) is 0.581. The summed E-state index contributed by atoms with van der Waals surface area (Å²) < 4.78 is 5.35. The van der Waals surface area contributed by atoms with Crippen LogP contribution in [0.2, 0.25) is 0 Å². The van der Waals surface area contributed by atoms with Gasteiger partial charge in [-0.25, -0.2) is 0 Å². The molecule has 0 aliphatic heterocycles. The third kappa shape index (κ3) is 4.30. The van der Waals surface area contributed by atoms with Crippen LogP contribution in [0.3, 0.4) is 0 Å². The number of likely N-dealkylation sites (N-methyl/N-ethyl adjacent to an activating group) is 1. The molecule has 2 rings (SSSR count). The molecule has 0 aliphatic carbocycles. The molecule has 0 aromatic heterocycles. The Morgan fingerprint density at radius 2 is 1.82 bits per heavy atom. The summed E-state index contributed by atoms with van der Waals surface area (Å²) in [5.41, 5.74) is 2.37. The molecule has 0 saturated heterocycles. The van der Waals surface area contributed by atoms with Crippen LogP contribution in [0, 0.1) is 10.1 Å². The Bertz CT molecular complexity index is 626. The van der Waals surface area contributed by atoms with Gasteiger partial charge in [-0.1, -0.05) is 30.3 Å². The summed E-state index contributed by atoms with van der Waals surface area (Å²) in [6.07, 6.45) is 0.851.